The smallest absolute Gasteiger partial charge is 0.134 e. The molecule has 2 aromatic carbocycles. The topological polar surface area (TPSA) is 51.0 Å². The second-order valence-electron chi connectivity index (χ2n) is 6.73. The van der Waals surface area contributed by atoms with E-state index in [-0.39, 0.29) is 11.9 Å². The molecule has 1 unspecified atom stereocenters. The molecule has 1 atom stereocenters. The van der Waals surface area contributed by atoms with Gasteiger partial charge in [0.05, 0.1) is 12.0 Å². The highest BCUT2D eigenvalue weighted by molar-refractivity contribution is 5.85. The first-order valence-electron chi connectivity index (χ1n) is 8.85. The molecule has 0 saturated heterocycles. The highest BCUT2D eigenvalue weighted by Crippen LogP contribution is 2.28. The molecule has 0 radical (unpaired) electrons. The Morgan fingerprint density at radius 3 is 2.56 bits per heavy atom. The van der Waals surface area contributed by atoms with Crippen LogP contribution in [0.15, 0.2) is 59.2 Å². The summed E-state index contributed by atoms with van der Waals surface area (Å²) in [5.74, 6) is 1.18. The molecule has 0 spiro atoms. The average Bonchev–Trinajstić information content (AvgIpc) is 3.02. The number of hydrogen-bond acceptors (Lipinski definition) is 4. The lowest BCUT2D eigenvalue weighted by atomic mass is 10.1. The molecule has 2 aromatic heterocycles. The van der Waals surface area contributed by atoms with Gasteiger partial charge < -0.3 is 9.73 Å². The van der Waals surface area contributed by atoms with E-state index in [0.717, 1.165) is 39.2 Å². The van der Waals surface area contributed by atoms with Crippen LogP contribution in [0.1, 0.15) is 29.9 Å². The lowest BCUT2D eigenvalue weighted by Crippen LogP contribution is -2.09. The molecule has 0 aliphatic carbocycles. The molecule has 4 nitrogen and oxygen atoms in total. The minimum absolute atomic E-state index is 0.00801. The summed E-state index contributed by atoms with van der Waals surface area (Å²) in [6.45, 7) is 5.92. The Morgan fingerprint density at radius 1 is 1.00 bits per heavy atom. The van der Waals surface area contributed by atoms with Gasteiger partial charge in [-0.05, 0) is 62.2 Å². The van der Waals surface area contributed by atoms with Gasteiger partial charge in [0.25, 0.3) is 0 Å². The molecule has 0 amide bonds. The largest absolute Gasteiger partial charge is 0.464 e. The monoisotopic (exact) mass is 361 g/mol. The van der Waals surface area contributed by atoms with Crippen molar-refractivity contribution in [3.05, 3.63) is 77.6 Å². The van der Waals surface area contributed by atoms with Gasteiger partial charge in [0.2, 0.25) is 0 Å². The number of nitrogens with one attached hydrogen (secondary N) is 1. The van der Waals surface area contributed by atoms with E-state index in [9.17, 15) is 4.39 Å². The number of anilines is 1. The SMILES string of the molecule is Cc1nc(NC(C)c2ccc(F)cc2)cc(-c2ccc3occ(C)c3c2)n1. The van der Waals surface area contributed by atoms with Gasteiger partial charge in [-0.1, -0.05) is 12.1 Å². The van der Waals surface area contributed by atoms with Crippen LogP contribution in [0.3, 0.4) is 0 Å². The van der Waals surface area contributed by atoms with Crippen LogP contribution < -0.4 is 5.32 Å². The third-order valence-electron chi connectivity index (χ3n) is 4.64. The Balaban J connectivity index is 1.66. The number of rotatable bonds is 4. The van der Waals surface area contributed by atoms with Gasteiger partial charge in [-0.15, -0.1) is 0 Å². The van der Waals surface area contributed by atoms with Crippen molar-refractivity contribution >= 4 is 16.8 Å². The van der Waals surface area contributed by atoms with Gasteiger partial charge in [-0.2, -0.15) is 0 Å². The molecule has 0 aliphatic rings. The maximum atomic E-state index is 13.1. The highest BCUT2D eigenvalue weighted by Gasteiger charge is 2.11. The first-order valence-corrected chi connectivity index (χ1v) is 8.85. The van der Waals surface area contributed by atoms with Crippen LogP contribution in [0.4, 0.5) is 10.2 Å². The third kappa shape index (κ3) is 3.53. The van der Waals surface area contributed by atoms with Crippen molar-refractivity contribution < 1.29 is 8.81 Å². The number of fused-ring (bicyclic) bond motifs is 1. The molecule has 1 N–H and O–H groups in total. The lowest BCUT2D eigenvalue weighted by Gasteiger charge is -2.16. The number of aryl methyl sites for hydroxylation is 2. The molecule has 0 bridgehead atoms. The summed E-state index contributed by atoms with van der Waals surface area (Å²) in [4.78, 5) is 9.08. The van der Waals surface area contributed by atoms with E-state index >= 15 is 0 Å². The van der Waals surface area contributed by atoms with Crippen LogP contribution in [0.25, 0.3) is 22.2 Å². The van der Waals surface area contributed by atoms with E-state index < -0.39 is 0 Å². The molecule has 136 valence electrons. The zero-order valence-corrected chi connectivity index (χ0v) is 15.5. The van der Waals surface area contributed by atoms with Gasteiger partial charge in [0.15, 0.2) is 0 Å². The van der Waals surface area contributed by atoms with Crippen molar-refractivity contribution in [1.82, 2.24) is 9.97 Å². The minimum atomic E-state index is -0.240. The molecule has 0 aliphatic heterocycles. The standard InChI is InChI=1S/C22H20FN3O/c1-13-12-27-21-9-6-17(10-19(13)21)20-11-22(26-15(3)25-20)24-14(2)16-4-7-18(23)8-5-16/h4-12,14H,1-3H3,(H,24,25,26). The first kappa shape index (κ1) is 17.2. The summed E-state index contributed by atoms with van der Waals surface area (Å²) in [5, 5.41) is 4.46. The van der Waals surface area contributed by atoms with Crippen molar-refractivity contribution in [2.75, 3.05) is 5.32 Å². The Labute approximate surface area is 157 Å². The summed E-state index contributed by atoms with van der Waals surface area (Å²) in [6.07, 6.45) is 1.76. The van der Waals surface area contributed by atoms with Crippen molar-refractivity contribution in [2.24, 2.45) is 0 Å². The highest BCUT2D eigenvalue weighted by atomic mass is 19.1. The van der Waals surface area contributed by atoms with Gasteiger partial charge in [0, 0.05) is 23.1 Å². The molecule has 2 heterocycles. The van der Waals surface area contributed by atoms with E-state index in [2.05, 4.69) is 21.4 Å². The molecular formula is C22H20FN3O. The van der Waals surface area contributed by atoms with Crippen LogP contribution in [0.2, 0.25) is 0 Å². The normalized spacial score (nSPS) is 12.3. The molecule has 0 fully saturated rings. The number of benzene rings is 2. The number of hydrogen-bond donors (Lipinski definition) is 1. The van der Waals surface area contributed by atoms with Crippen LogP contribution in [0.5, 0.6) is 0 Å². The second-order valence-corrected chi connectivity index (χ2v) is 6.73. The van der Waals surface area contributed by atoms with Crippen LogP contribution >= 0.6 is 0 Å². The summed E-state index contributed by atoms with van der Waals surface area (Å²) >= 11 is 0. The van der Waals surface area contributed by atoms with E-state index in [1.165, 1.54) is 12.1 Å². The first-order chi connectivity index (χ1) is 13.0. The Morgan fingerprint density at radius 2 is 1.78 bits per heavy atom. The zero-order chi connectivity index (χ0) is 19.0. The molecular weight excluding hydrogens is 341 g/mol. The maximum Gasteiger partial charge on any atom is 0.134 e. The summed E-state index contributed by atoms with van der Waals surface area (Å²) in [6, 6.07) is 14.5. The number of aromatic nitrogens is 2. The predicted octanol–water partition coefficient (Wildman–Crippen LogP) is 5.82. The van der Waals surface area contributed by atoms with Crippen molar-refractivity contribution in [1.29, 1.82) is 0 Å². The average molecular weight is 361 g/mol. The van der Waals surface area contributed by atoms with E-state index in [1.807, 2.05) is 39.0 Å². The summed E-state index contributed by atoms with van der Waals surface area (Å²) in [5.41, 5.74) is 4.81. The predicted molar refractivity (Wildman–Crippen MR) is 105 cm³/mol. The Hall–Kier alpha value is -3.21. The molecule has 5 heteroatoms. The molecule has 4 aromatic rings. The lowest BCUT2D eigenvalue weighted by molar-refractivity contribution is 0.613. The second kappa shape index (κ2) is 6.83. The maximum absolute atomic E-state index is 13.1. The van der Waals surface area contributed by atoms with Crippen molar-refractivity contribution in [2.45, 2.75) is 26.8 Å². The number of nitrogens with zero attached hydrogens (tertiary/aromatic N) is 2. The van der Waals surface area contributed by atoms with E-state index in [1.54, 1.807) is 18.4 Å². The van der Waals surface area contributed by atoms with Gasteiger partial charge >= 0.3 is 0 Å². The molecule has 4 rings (SSSR count). The number of halogens is 1. The summed E-state index contributed by atoms with van der Waals surface area (Å²) in [7, 11) is 0. The van der Waals surface area contributed by atoms with E-state index in [4.69, 9.17) is 4.42 Å². The van der Waals surface area contributed by atoms with E-state index in [0.29, 0.717) is 5.82 Å². The number of furan rings is 1. The fourth-order valence-corrected chi connectivity index (χ4v) is 3.16. The van der Waals surface area contributed by atoms with Crippen LogP contribution in [-0.2, 0) is 0 Å². The summed E-state index contributed by atoms with van der Waals surface area (Å²) < 4.78 is 18.7. The van der Waals surface area contributed by atoms with Crippen LogP contribution in [-0.4, -0.2) is 9.97 Å². The fourth-order valence-electron chi connectivity index (χ4n) is 3.16. The quantitative estimate of drug-likeness (QED) is 0.498. The third-order valence-corrected chi connectivity index (χ3v) is 4.64. The molecule has 27 heavy (non-hydrogen) atoms. The fraction of sp³-hybridized carbons (Fsp3) is 0.182. The van der Waals surface area contributed by atoms with Crippen molar-refractivity contribution in [3.63, 3.8) is 0 Å². The van der Waals surface area contributed by atoms with Crippen LogP contribution in [0, 0.1) is 19.7 Å². The van der Waals surface area contributed by atoms with Gasteiger partial charge in [-0.3, -0.25) is 0 Å². The van der Waals surface area contributed by atoms with Gasteiger partial charge in [-0.25, -0.2) is 14.4 Å². The van der Waals surface area contributed by atoms with Crippen molar-refractivity contribution in [3.8, 4) is 11.3 Å². The van der Waals surface area contributed by atoms with Gasteiger partial charge in [0.1, 0.15) is 23.0 Å². The Kier molecular flexibility index (Phi) is 4.36. The zero-order valence-electron chi connectivity index (χ0n) is 15.5. The Bertz CT molecular complexity index is 1100. The minimum Gasteiger partial charge on any atom is -0.464 e. The molecule has 0 saturated carbocycles.